The van der Waals surface area contributed by atoms with Crippen LogP contribution in [0.25, 0.3) is 0 Å². The number of halogens is 1. The number of carbonyl (C=O) groups excluding carboxylic acids is 2. The van der Waals surface area contributed by atoms with Crippen LogP contribution in [-0.2, 0) is 24.3 Å². The summed E-state index contributed by atoms with van der Waals surface area (Å²) in [6, 6.07) is 4.63. The van der Waals surface area contributed by atoms with Crippen LogP contribution in [-0.4, -0.2) is 39.0 Å². The van der Waals surface area contributed by atoms with Gasteiger partial charge in [0.05, 0.1) is 4.90 Å². The predicted molar refractivity (Wildman–Crippen MR) is 102 cm³/mol. The van der Waals surface area contributed by atoms with E-state index in [-0.39, 0.29) is 21.9 Å². The number of hydrogen-bond acceptors (Lipinski definition) is 5. The van der Waals surface area contributed by atoms with Gasteiger partial charge in [0.15, 0.2) is 6.61 Å². The maximum absolute atomic E-state index is 12.3. The van der Waals surface area contributed by atoms with Crippen LogP contribution in [0, 0.1) is 5.92 Å². The zero-order valence-electron chi connectivity index (χ0n) is 15.4. The lowest BCUT2D eigenvalue weighted by molar-refractivity contribution is -0.150. The van der Waals surface area contributed by atoms with Gasteiger partial charge in [-0.3, -0.25) is 9.59 Å². The Balaban J connectivity index is 1.83. The van der Waals surface area contributed by atoms with E-state index in [9.17, 15) is 18.0 Å². The second-order valence-electron chi connectivity index (χ2n) is 6.84. The number of ether oxygens (including phenoxy) is 1. The molecular formula is C18H25ClN2O5S. The van der Waals surface area contributed by atoms with Gasteiger partial charge < -0.3 is 10.1 Å². The number of sulfonamides is 1. The highest BCUT2D eigenvalue weighted by molar-refractivity contribution is 7.89. The highest BCUT2D eigenvalue weighted by atomic mass is 35.5. The topological polar surface area (TPSA) is 102 Å². The van der Waals surface area contributed by atoms with Crippen molar-refractivity contribution in [2.45, 2.75) is 56.5 Å². The molecule has 1 aliphatic rings. The Kier molecular flexibility index (Phi) is 7.64. The molecule has 7 nitrogen and oxygen atoms in total. The van der Waals surface area contributed by atoms with Crippen LogP contribution in [0.15, 0.2) is 29.2 Å². The number of nitrogens with one attached hydrogen (secondary N) is 2. The van der Waals surface area contributed by atoms with Gasteiger partial charge >= 0.3 is 5.97 Å². The summed E-state index contributed by atoms with van der Waals surface area (Å²) < 4.78 is 31.7. The van der Waals surface area contributed by atoms with Crippen molar-refractivity contribution in [1.82, 2.24) is 10.0 Å². The third-order valence-corrected chi connectivity index (χ3v) is 6.37. The number of hydrogen-bond donors (Lipinski definition) is 2. The van der Waals surface area contributed by atoms with Gasteiger partial charge in [0.1, 0.15) is 6.04 Å². The van der Waals surface area contributed by atoms with Gasteiger partial charge in [0.2, 0.25) is 10.0 Å². The molecule has 2 N–H and O–H groups in total. The van der Waals surface area contributed by atoms with Crippen molar-refractivity contribution in [3.8, 4) is 0 Å². The van der Waals surface area contributed by atoms with E-state index in [2.05, 4.69) is 17.0 Å². The number of carbonyl (C=O) groups is 2. The Morgan fingerprint density at radius 3 is 2.67 bits per heavy atom. The van der Waals surface area contributed by atoms with Crippen molar-refractivity contribution in [1.29, 1.82) is 0 Å². The van der Waals surface area contributed by atoms with E-state index in [1.54, 1.807) is 6.07 Å². The third kappa shape index (κ3) is 6.48. The molecule has 27 heavy (non-hydrogen) atoms. The molecule has 0 unspecified atom stereocenters. The van der Waals surface area contributed by atoms with Crippen molar-refractivity contribution in [2.24, 2.45) is 5.92 Å². The van der Waals surface area contributed by atoms with Crippen LogP contribution in [0.1, 0.15) is 39.5 Å². The molecule has 1 amide bonds. The number of rotatable bonds is 7. The fraction of sp³-hybridized carbons (Fsp3) is 0.556. The van der Waals surface area contributed by atoms with Crippen LogP contribution in [0.5, 0.6) is 0 Å². The maximum atomic E-state index is 12.3. The van der Waals surface area contributed by atoms with Gasteiger partial charge in [-0.2, -0.15) is 4.72 Å². The summed E-state index contributed by atoms with van der Waals surface area (Å²) in [6.07, 6.45) is 4.20. The average Bonchev–Trinajstić information content (AvgIpc) is 2.61. The molecule has 3 atom stereocenters. The first kappa shape index (κ1) is 21.7. The second-order valence-corrected chi connectivity index (χ2v) is 8.99. The fourth-order valence-electron chi connectivity index (χ4n) is 3.02. The zero-order chi connectivity index (χ0) is 20.0. The average molecular weight is 417 g/mol. The van der Waals surface area contributed by atoms with Gasteiger partial charge in [-0.25, -0.2) is 8.42 Å². The summed E-state index contributed by atoms with van der Waals surface area (Å²) in [4.78, 5) is 24.0. The van der Waals surface area contributed by atoms with Gasteiger partial charge in [-0.15, -0.1) is 0 Å². The molecule has 0 aliphatic heterocycles. The summed E-state index contributed by atoms with van der Waals surface area (Å²) in [5.74, 6) is -0.818. The van der Waals surface area contributed by atoms with Crippen LogP contribution in [0.3, 0.4) is 0 Å². The largest absolute Gasteiger partial charge is 0.454 e. The van der Waals surface area contributed by atoms with Gasteiger partial charge in [0, 0.05) is 11.1 Å². The monoisotopic (exact) mass is 416 g/mol. The minimum Gasteiger partial charge on any atom is -0.454 e. The lowest BCUT2D eigenvalue weighted by Crippen LogP contribution is -2.44. The maximum Gasteiger partial charge on any atom is 0.324 e. The number of benzene rings is 1. The SMILES string of the molecule is C[C@H](NS(=O)(=O)c1cccc(Cl)c1)C(=O)OCC(=O)N[C@H]1CCCC[C@H]1C. The molecular weight excluding hydrogens is 392 g/mol. The third-order valence-electron chi connectivity index (χ3n) is 4.60. The summed E-state index contributed by atoms with van der Waals surface area (Å²) >= 11 is 5.80. The van der Waals surface area contributed by atoms with Crippen molar-refractivity contribution in [3.05, 3.63) is 29.3 Å². The normalized spacial score (nSPS) is 21.3. The van der Waals surface area contributed by atoms with Gasteiger partial charge in [-0.05, 0) is 43.9 Å². The van der Waals surface area contributed by atoms with Crippen LogP contribution in [0.4, 0.5) is 0 Å². The molecule has 1 aromatic rings. The molecule has 1 aromatic carbocycles. The van der Waals surface area contributed by atoms with E-state index >= 15 is 0 Å². The van der Waals surface area contributed by atoms with E-state index in [0.29, 0.717) is 5.92 Å². The molecule has 1 fully saturated rings. The molecule has 0 aromatic heterocycles. The first-order valence-corrected chi connectivity index (χ1v) is 10.8. The Morgan fingerprint density at radius 1 is 1.30 bits per heavy atom. The van der Waals surface area contributed by atoms with Crippen molar-refractivity contribution in [3.63, 3.8) is 0 Å². The van der Waals surface area contributed by atoms with E-state index in [1.165, 1.54) is 25.1 Å². The predicted octanol–water partition coefficient (Wildman–Crippen LogP) is 2.24. The minimum absolute atomic E-state index is 0.0568. The van der Waals surface area contributed by atoms with Crippen LogP contribution in [0.2, 0.25) is 5.02 Å². The first-order valence-electron chi connectivity index (χ1n) is 8.93. The highest BCUT2D eigenvalue weighted by Crippen LogP contribution is 2.23. The highest BCUT2D eigenvalue weighted by Gasteiger charge is 2.26. The molecule has 9 heteroatoms. The van der Waals surface area contributed by atoms with Crippen LogP contribution >= 0.6 is 11.6 Å². The molecule has 0 saturated heterocycles. The molecule has 1 saturated carbocycles. The molecule has 2 rings (SSSR count). The molecule has 0 radical (unpaired) electrons. The number of amides is 1. The van der Waals surface area contributed by atoms with E-state index in [1.807, 2.05) is 0 Å². The van der Waals surface area contributed by atoms with E-state index in [4.69, 9.17) is 16.3 Å². The van der Waals surface area contributed by atoms with E-state index in [0.717, 1.165) is 25.7 Å². The Labute approximate surface area is 164 Å². The van der Waals surface area contributed by atoms with Crippen molar-refractivity contribution in [2.75, 3.05) is 6.61 Å². The second kappa shape index (κ2) is 9.52. The Hall–Kier alpha value is -1.64. The molecule has 0 heterocycles. The van der Waals surface area contributed by atoms with Crippen molar-refractivity contribution < 1.29 is 22.7 Å². The fourth-order valence-corrected chi connectivity index (χ4v) is 4.52. The lowest BCUT2D eigenvalue weighted by Gasteiger charge is -2.29. The van der Waals surface area contributed by atoms with Gasteiger partial charge in [0.25, 0.3) is 5.91 Å². The summed E-state index contributed by atoms with van der Waals surface area (Å²) in [5.41, 5.74) is 0. The summed E-state index contributed by atoms with van der Waals surface area (Å²) in [5, 5.41) is 3.14. The Morgan fingerprint density at radius 2 is 2.00 bits per heavy atom. The standard InChI is InChI=1S/C18H25ClN2O5S/c1-12-6-3-4-9-16(12)20-17(22)11-26-18(23)13(2)21-27(24,25)15-8-5-7-14(19)10-15/h5,7-8,10,12-13,16,21H,3-4,6,9,11H2,1-2H3,(H,20,22)/t12-,13+,16+/m1/s1. The quantitative estimate of drug-likeness (QED) is 0.664. The summed E-state index contributed by atoms with van der Waals surface area (Å²) in [7, 11) is -3.93. The number of esters is 1. The van der Waals surface area contributed by atoms with E-state index < -0.39 is 28.6 Å². The molecule has 1 aliphatic carbocycles. The van der Waals surface area contributed by atoms with Crippen LogP contribution < -0.4 is 10.0 Å². The van der Waals surface area contributed by atoms with Gasteiger partial charge in [-0.1, -0.05) is 37.4 Å². The summed E-state index contributed by atoms with van der Waals surface area (Å²) in [6.45, 7) is 3.00. The molecule has 0 bridgehead atoms. The minimum atomic E-state index is -3.93. The smallest absolute Gasteiger partial charge is 0.324 e. The Bertz CT molecular complexity index is 784. The molecule has 150 valence electrons. The first-order chi connectivity index (χ1) is 12.7. The lowest BCUT2D eigenvalue weighted by atomic mass is 9.86. The molecule has 0 spiro atoms. The van der Waals surface area contributed by atoms with Crippen molar-refractivity contribution >= 4 is 33.5 Å². The zero-order valence-corrected chi connectivity index (χ0v) is 17.0.